The van der Waals surface area contributed by atoms with Crippen LogP contribution in [0.5, 0.6) is 0 Å². The van der Waals surface area contributed by atoms with Gasteiger partial charge in [0.25, 0.3) is 0 Å². The maximum Gasteiger partial charge on any atom is 0.326 e. The average molecular weight is 461 g/mol. The first-order chi connectivity index (χ1) is 15.0. The fourth-order valence-corrected chi connectivity index (χ4v) is 3.85. The Balaban J connectivity index is 0.00000363. The van der Waals surface area contributed by atoms with E-state index in [9.17, 15) is 19.5 Å². The van der Waals surface area contributed by atoms with Crippen LogP contribution in [0.15, 0.2) is 54.6 Å². The van der Waals surface area contributed by atoms with Crippen molar-refractivity contribution < 1.29 is 24.2 Å². The maximum absolute atomic E-state index is 13.3. The third kappa shape index (κ3) is 6.55. The number of halogens is 1. The van der Waals surface area contributed by atoms with E-state index in [1.165, 1.54) is 4.90 Å². The molecule has 2 atom stereocenters. The summed E-state index contributed by atoms with van der Waals surface area (Å²) in [6.45, 7) is 1.74. The number of aliphatic carboxylic acids is 1. The Bertz CT molecular complexity index is 922. The molecule has 7 nitrogen and oxygen atoms in total. The van der Waals surface area contributed by atoms with Crippen molar-refractivity contribution in [1.29, 1.82) is 0 Å². The minimum Gasteiger partial charge on any atom is -0.480 e. The molecule has 2 aromatic rings. The summed E-state index contributed by atoms with van der Waals surface area (Å²) in [6.07, 6.45) is 1.99. The van der Waals surface area contributed by atoms with E-state index in [1.54, 1.807) is 13.0 Å². The topological polar surface area (TPSA) is 95.9 Å². The van der Waals surface area contributed by atoms with Crippen LogP contribution in [0, 0.1) is 0 Å². The predicted octanol–water partition coefficient (Wildman–Crippen LogP) is 2.99. The van der Waals surface area contributed by atoms with Crippen LogP contribution in [0.3, 0.4) is 0 Å². The van der Waals surface area contributed by atoms with E-state index in [4.69, 9.17) is 4.74 Å². The number of para-hydroxylation sites is 1. The molecule has 3 rings (SSSR count). The lowest BCUT2D eigenvalue weighted by molar-refractivity contribution is -0.143. The zero-order valence-electron chi connectivity index (χ0n) is 18.0. The van der Waals surface area contributed by atoms with Crippen LogP contribution >= 0.6 is 12.4 Å². The summed E-state index contributed by atoms with van der Waals surface area (Å²) in [7, 11) is 0. The second-order valence-electron chi connectivity index (χ2n) is 7.53. The number of amides is 1. The lowest BCUT2D eigenvalue weighted by Crippen LogP contribution is -2.52. The third-order valence-corrected chi connectivity index (χ3v) is 5.41. The van der Waals surface area contributed by atoms with E-state index in [2.05, 4.69) is 5.32 Å². The summed E-state index contributed by atoms with van der Waals surface area (Å²) in [4.78, 5) is 38.8. The zero-order valence-corrected chi connectivity index (χ0v) is 18.8. The van der Waals surface area contributed by atoms with E-state index in [-0.39, 0.29) is 31.5 Å². The molecule has 0 radical (unpaired) electrons. The van der Waals surface area contributed by atoms with Gasteiger partial charge >= 0.3 is 11.9 Å². The van der Waals surface area contributed by atoms with E-state index >= 15 is 0 Å². The minimum absolute atomic E-state index is 0. The molecule has 0 aliphatic carbocycles. The number of aryl methyl sites for hydroxylation is 2. The summed E-state index contributed by atoms with van der Waals surface area (Å²) in [5, 5.41) is 12.8. The number of anilines is 1. The van der Waals surface area contributed by atoms with Gasteiger partial charge in [0.15, 0.2) is 0 Å². The van der Waals surface area contributed by atoms with Crippen LogP contribution < -0.4 is 10.2 Å². The molecule has 172 valence electrons. The quantitative estimate of drug-likeness (QED) is 0.558. The van der Waals surface area contributed by atoms with Crippen LogP contribution in [0.25, 0.3) is 0 Å². The predicted molar refractivity (Wildman–Crippen MR) is 124 cm³/mol. The molecule has 32 heavy (non-hydrogen) atoms. The van der Waals surface area contributed by atoms with Gasteiger partial charge in [0.05, 0.1) is 12.6 Å². The molecule has 0 fully saturated rings. The molecule has 2 N–H and O–H groups in total. The number of nitrogens with zero attached hydrogens (tertiary/aromatic N) is 1. The first-order valence-corrected chi connectivity index (χ1v) is 10.6. The van der Waals surface area contributed by atoms with E-state index in [0.717, 1.165) is 11.1 Å². The average Bonchev–Trinajstić information content (AvgIpc) is 2.89. The van der Waals surface area contributed by atoms with Crippen molar-refractivity contribution >= 4 is 35.9 Å². The Hall–Kier alpha value is -2.90. The Labute approximate surface area is 194 Å². The summed E-state index contributed by atoms with van der Waals surface area (Å²) in [5.41, 5.74) is 2.65. The summed E-state index contributed by atoms with van der Waals surface area (Å²) in [6, 6.07) is 15.5. The van der Waals surface area contributed by atoms with Crippen molar-refractivity contribution in [1.82, 2.24) is 5.32 Å². The van der Waals surface area contributed by atoms with Gasteiger partial charge in [-0.3, -0.25) is 24.6 Å². The van der Waals surface area contributed by atoms with Crippen LogP contribution in [0.4, 0.5) is 5.69 Å². The number of esters is 1. The monoisotopic (exact) mass is 460 g/mol. The highest BCUT2D eigenvalue weighted by molar-refractivity contribution is 6.02. The lowest BCUT2D eigenvalue weighted by atomic mass is 10.0. The molecular formula is C24H29ClN2O5. The smallest absolute Gasteiger partial charge is 0.326 e. The number of rotatable bonds is 9. The normalized spacial score (nSPS) is 16.3. The number of ether oxygens (including phenoxy) is 1. The molecule has 0 unspecified atom stereocenters. The Kier molecular flexibility index (Phi) is 9.68. The molecular weight excluding hydrogens is 432 g/mol. The summed E-state index contributed by atoms with van der Waals surface area (Å²) in [5.74, 6) is -1.81. The molecule has 0 saturated heterocycles. The van der Waals surface area contributed by atoms with Crippen molar-refractivity contribution in [3.63, 3.8) is 0 Å². The molecule has 0 spiro atoms. The molecule has 0 aromatic heterocycles. The number of benzene rings is 2. The number of nitrogens with one attached hydrogen (secondary N) is 1. The van der Waals surface area contributed by atoms with E-state index < -0.39 is 24.0 Å². The van der Waals surface area contributed by atoms with Crippen molar-refractivity contribution in [2.45, 2.75) is 44.7 Å². The van der Waals surface area contributed by atoms with Gasteiger partial charge in [0, 0.05) is 5.69 Å². The number of carbonyl (C=O) groups is 3. The molecule has 1 aliphatic heterocycles. The summed E-state index contributed by atoms with van der Waals surface area (Å²) < 4.78 is 5.04. The molecule has 0 bridgehead atoms. The number of carboxylic acid groups (broad SMARTS) is 1. The van der Waals surface area contributed by atoms with Gasteiger partial charge in [0.2, 0.25) is 5.91 Å². The first-order valence-electron chi connectivity index (χ1n) is 10.6. The molecule has 0 saturated carbocycles. The van der Waals surface area contributed by atoms with Crippen molar-refractivity contribution in [3.8, 4) is 0 Å². The fraction of sp³-hybridized carbons (Fsp3) is 0.375. The maximum atomic E-state index is 13.3. The highest BCUT2D eigenvalue weighted by Crippen LogP contribution is 2.27. The number of carboxylic acids is 1. The Morgan fingerprint density at radius 2 is 1.84 bits per heavy atom. The Morgan fingerprint density at radius 1 is 1.16 bits per heavy atom. The van der Waals surface area contributed by atoms with Gasteiger partial charge in [-0.1, -0.05) is 48.5 Å². The van der Waals surface area contributed by atoms with Gasteiger partial charge < -0.3 is 9.84 Å². The lowest BCUT2D eigenvalue weighted by Gasteiger charge is -2.27. The zero-order chi connectivity index (χ0) is 22.2. The number of hydrogen-bond acceptors (Lipinski definition) is 5. The van der Waals surface area contributed by atoms with Gasteiger partial charge in [0.1, 0.15) is 12.6 Å². The van der Waals surface area contributed by atoms with Crippen LogP contribution in [-0.2, 0) is 32.0 Å². The largest absolute Gasteiger partial charge is 0.480 e. The minimum atomic E-state index is -0.998. The van der Waals surface area contributed by atoms with Crippen LogP contribution in [-0.4, -0.2) is 48.2 Å². The molecule has 1 heterocycles. The van der Waals surface area contributed by atoms with Crippen molar-refractivity contribution in [2.24, 2.45) is 0 Å². The molecule has 2 aromatic carbocycles. The fourth-order valence-electron chi connectivity index (χ4n) is 3.85. The van der Waals surface area contributed by atoms with Crippen molar-refractivity contribution in [2.75, 3.05) is 18.1 Å². The van der Waals surface area contributed by atoms with E-state index in [0.29, 0.717) is 31.4 Å². The SMILES string of the molecule is CCOC(=O)CN1C(=O)[C@@H](N[C@@H](CCc2ccccc2)C(=O)O)CCc2ccccc21.Cl. The first kappa shape index (κ1) is 25.4. The second-order valence-corrected chi connectivity index (χ2v) is 7.53. The summed E-state index contributed by atoms with van der Waals surface area (Å²) >= 11 is 0. The number of fused-ring (bicyclic) bond motifs is 1. The Morgan fingerprint density at radius 3 is 2.53 bits per heavy atom. The molecule has 1 amide bonds. The number of carbonyl (C=O) groups excluding carboxylic acids is 2. The van der Waals surface area contributed by atoms with Gasteiger partial charge in [-0.2, -0.15) is 0 Å². The van der Waals surface area contributed by atoms with Gasteiger partial charge in [-0.05, 0) is 49.8 Å². The highest BCUT2D eigenvalue weighted by atomic mass is 35.5. The molecule has 1 aliphatic rings. The molecule has 8 heteroatoms. The number of hydrogen-bond donors (Lipinski definition) is 2. The third-order valence-electron chi connectivity index (χ3n) is 5.41. The second kappa shape index (κ2) is 12.2. The van der Waals surface area contributed by atoms with Crippen LogP contribution in [0.1, 0.15) is 30.9 Å². The van der Waals surface area contributed by atoms with Gasteiger partial charge in [-0.15, -0.1) is 12.4 Å². The highest BCUT2D eigenvalue weighted by Gasteiger charge is 2.34. The standard InChI is InChI=1S/C24H28N2O5.ClH/c1-2-31-22(27)16-26-21-11-7-6-10-18(21)13-15-19(23(26)28)25-20(24(29)30)14-12-17-8-4-3-5-9-17;/h3-11,19-20,25H,2,12-16H2,1H3,(H,29,30);1H/t19-,20-;/m0./s1. The van der Waals surface area contributed by atoms with Crippen LogP contribution in [0.2, 0.25) is 0 Å². The van der Waals surface area contributed by atoms with E-state index in [1.807, 2.05) is 48.5 Å². The van der Waals surface area contributed by atoms with Gasteiger partial charge in [-0.25, -0.2) is 0 Å². The van der Waals surface area contributed by atoms with Crippen molar-refractivity contribution in [3.05, 3.63) is 65.7 Å².